The maximum absolute atomic E-state index is 12.8. The molecule has 2 heterocycles. The molecule has 0 spiro atoms. The molecular formula is C21H23F3N2O2. The highest BCUT2D eigenvalue weighted by molar-refractivity contribution is 5.94. The summed E-state index contributed by atoms with van der Waals surface area (Å²) in [6.45, 7) is 3.24. The van der Waals surface area contributed by atoms with Crippen molar-refractivity contribution >= 4 is 5.78 Å². The van der Waals surface area contributed by atoms with E-state index in [0.29, 0.717) is 37.3 Å². The van der Waals surface area contributed by atoms with Crippen LogP contribution in [0.15, 0.2) is 47.4 Å². The van der Waals surface area contributed by atoms with Crippen molar-refractivity contribution in [3.63, 3.8) is 0 Å². The van der Waals surface area contributed by atoms with Gasteiger partial charge in [-0.05, 0) is 50.6 Å². The highest BCUT2D eigenvalue weighted by Crippen LogP contribution is 2.33. The summed E-state index contributed by atoms with van der Waals surface area (Å²) >= 11 is 0. The van der Waals surface area contributed by atoms with Crippen LogP contribution < -0.4 is 5.56 Å². The lowest BCUT2D eigenvalue weighted by molar-refractivity contribution is -0.185. The van der Waals surface area contributed by atoms with Gasteiger partial charge in [0, 0.05) is 30.4 Å². The Kier molecular flexibility index (Phi) is 6.03. The number of hydrogen-bond donors (Lipinski definition) is 0. The molecule has 3 rings (SSSR count). The maximum atomic E-state index is 12.8. The van der Waals surface area contributed by atoms with Gasteiger partial charge in [0.15, 0.2) is 5.78 Å². The van der Waals surface area contributed by atoms with Gasteiger partial charge in [0.25, 0.3) is 5.56 Å². The predicted molar refractivity (Wildman–Crippen MR) is 101 cm³/mol. The number of benzene rings is 1. The number of likely N-dealkylation sites (tertiary alicyclic amines) is 1. The number of alkyl halides is 3. The molecule has 0 saturated carbocycles. The van der Waals surface area contributed by atoms with Crippen LogP contribution >= 0.6 is 0 Å². The number of pyridine rings is 1. The minimum absolute atomic E-state index is 0.0358. The molecule has 0 N–H and O–H groups in total. The molecule has 1 aromatic heterocycles. The van der Waals surface area contributed by atoms with Crippen molar-refractivity contribution in [2.45, 2.75) is 32.5 Å². The van der Waals surface area contributed by atoms with E-state index >= 15 is 0 Å². The average molecular weight is 392 g/mol. The van der Waals surface area contributed by atoms with Crippen molar-refractivity contribution in [1.29, 1.82) is 0 Å². The third-order valence-corrected chi connectivity index (χ3v) is 5.33. The molecule has 1 aromatic carbocycles. The Morgan fingerprint density at radius 3 is 2.29 bits per heavy atom. The summed E-state index contributed by atoms with van der Waals surface area (Å²) in [5.74, 6) is -1.25. The van der Waals surface area contributed by atoms with E-state index in [1.54, 1.807) is 47.2 Å². The van der Waals surface area contributed by atoms with Gasteiger partial charge in [0.05, 0.1) is 5.92 Å². The minimum Gasteiger partial charge on any atom is -0.314 e. The lowest BCUT2D eigenvalue weighted by Crippen LogP contribution is -2.41. The topological polar surface area (TPSA) is 42.3 Å². The van der Waals surface area contributed by atoms with Gasteiger partial charge < -0.3 is 9.47 Å². The molecule has 1 aliphatic rings. The number of piperidine rings is 1. The Morgan fingerprint density at radius 2 is 1.71 bits per heavy atom. The van der Waals surface area contributed by atoms with Gasteiger partial charge in [-0.2, -0.15) is 13.2 Å². The Morgan fingerprint density at radius 1 is 1.07 bits per heavy atom. The van der Waals surface area contributed by atoms with Crippen molar-refractivity contribution in [1.82, 2.24) is 9.47 Å². The van der Waals surface area contributed by atoms with Crippen molar-refractivity contribution in [2.24, 2.45) is 5.92 Å². The zero-order valence-electron chi connectivity index (χ0n) is 15.7. The van der Waals surface area contributed by atoms with Crippen LogP contribution in [-0.2, 0) is 6.54 Å². The van der Waals surface area contributed by atoms with Gasteiger partial charge in [0.2, 0.25) is 0 Å². The molecule has 0 radical (unpaired) electrons. The van der Waals surface area contributed by atoms with Crippen LogP contribution in [0.1, 0.15) is 30.1 Å². The van der Waals surface area contributed by atoms with E-state index in [9.17, 15) is 22.8 Å². The Bertz CT molecular complexity index is 880. The van der Waals surface area contributed by atoms with Crippen molar-refractivity contribution < 1.29 is 18.0 Å². The molecule has 0 aliphatic carbocycles. The molecule has 0 bridgehead atoms. The Labute approximate surface area is 161 Å². The first-order chi connectivity index (χ1) is 13.3. The summed E-state index contributed by atoms with van der Waals surface area (Å²) in [4.78, 5) is 26.1. The number of nitrogens with zero attached hydrogens (tertiary/aromatic N) is 2. The molecule has 1 fully saturated rings. The number of Topliss-reactive ketones (excluding diaryl/α,β-unsaturated/α-hetero) is 1. The Hall–Kier alpha value is -2.41. The predicted octanol–water partition coefficient (Wildman–Crippen LogP) is 3.99. The summed E-state index contributed by atoms with van der Waals surface area (Å²) in [6, 6.07) is 10.4. The minimum atomic E-state index is -4.12. The molecule has 150 valence electrons. The first kappa shape index (κ1) is 20.3. The SMILES string of the molecule is CC(=O)c1ccc(-c2cccn(CCN3CCC(C(F)(F)F)CC3)c2=O)cc1. The smallest absolute Gasteiger partial charge is 0.314 e. The molecule has 4 nitrogen and oxygen atoms in total. The molecule has 1 aliphatic heterocycles. The van der Waals surface area contributed by atoms with Gasteiger partial charge in [-0.15, -0.1) is 0 Å². The van der Waals surface area contributed by atoms with Gasteiger partial charge in [-0.3, -0.25) is 9.59 Å². The molecule has 0 amide bonds. The lowest BCUT2D eigenvalue weighted by Gasteiger charge is -2.32. The molecule has 0 atom stereocenters. The number of carbonyl (C=O) groups is 1. The lowest BCUT2D eigenvalue weighted by atomic mass is 9.96. The Balaban J connectivity index is 1.65. The molecule has 2 aromatic rings. The van der Waals surface area contributed by atoms with Gasteiger partial charge in [0.1, 0.15) is 0 Å². The summed E-state index contributed by atoms with van der Waals surface area (Å²) in [5, 5.41) is 0. The number of rotatable bonds is 5. The summed E-state index contributed by atoms with van der Waals surface area (Å²) in [5.41, 5.74) is 1.70. The third kappa shape index (κ3) is 4.70. The van der Waals surface area contributed by atoms with E-state index in [1.165, 1.54) is 6.92 Å². The largest absolute Gasteiger partial charge is 0.391 e. The van der Waals surface area contributed by atoms with Crippen LogP contribution in [0.4, 0.5) is 13.2 Å². The van der Waals surface area contributed by atoms with Crippen molar-refractivity contribution in [2.75, 3.05) is 19.6 Å². The molecular weight excluding hydrogens is 369 g/mol. The highest BCUT2D eigenvalue weighted by atomic mass is 19.4. The molecule has 28 heavy (non-hydrogen) atoms. The van der Waals surface area contributed by atoms with Crippen LogP contribution in [0.3, 0.4) is 0 Å². The number of halogens is 3. The first-order valence-corrected chi connectivity index (χ1v) is 9.35. The number of hydrogen-bond acceptors (Lipinski definition) is 3. The monoisotopic (exact) mass is 392 g/mol. The van der Waals surface area contributed by atoms with Crippen molar-refractivity contribution in [3.05, 3.63) is 58.5 Å². The summed E-state index contributed by atoms with van der Waals surface area (Å²) in [6.07, 6.45) is -2.20. The quantitative estimate of drug-likeness (QED) is 0.723. The highest BCUT2D eigenvalue weighted by Gasteiger charge is 2.40. The summed E-state index contributed by atoms with van der Waals surface area (Å²) in [7, 11) is 0. The second-order valence-corrected chi connectivity index (χ2v) is 7.21. The molecule has 1 saturated heterocycles. The molecule has 7 heteroatoms. The van der Waals surface area contributed by atoms with Gasteiger partial charge in [-0.25, -0.2) is 0 Å². The fourth-order valence-electron chi connectivity index (χ4n) is 3.55. The van der Waals surface area contributed by atoms with Crippen molar-refractivity contribution in [3.8, 4) is 11.1 Å². The normalized spacial score (nSPS) is 16.3. The van der Waals surface area contributed by atoms with E-state index in [2.05, 4.69) is 0 Å². The zero-order chi connectivity index (χ0) is 20.3. The summed E-state index contributed by atoms with van der Waals surface area (Å²) < 4.78 is 39.9. The second-order valence-electron chi connectivity index (χ2n) is 7.21. The standard InChI is InChI=1S/C21H23F3N2O2/c1-15(27)16-4-6-17(7-5-16)19-3-2-10-26(20(19)28)14-13-25-11-8-18(9-12-25)21(22,23)24/h2-7,10,18H,8-9,11-14H2,1H3. The first-order valence-electron chi connectivity index (χ1n) is 9.35. The van der Waals surface area contributed by atoms with Gasteiger partial charge in [-0.1, -0.05) is 24.3 Å². The van der Waals surface area contributed by atoms with Crippen LogP contribution in [0.5, 0.6) is 0 Å². The van der Waals surface area contributed by atoms with Crippen LogP contribution in [0, 0.1) is 5.92 Å². The van der Waals surface area contributed by atoms with Crippen LogP contribution in [0.2, 0.25) is 0 Å². The molecule has 0 unspecified atom stereocenters. The van der Waals surface area contributed by atoms with E-state index < -0.39 is 12.1 Å². The van der Waals surface area contributed by atoms with E-state index in [1.807, 2.05) is 4.90 Å². The van der Waals surface area contributed by atoms with E-state index in [4.69, 9.17) is 0 Å². The van der Waals surface area contributed by atoms with Crippen LogP contribution in [0.25, 0.3) is 11.1 Å². The number of carbonyl (C=O) groups excluding carboxylic acids is 1. The number of aromatic nitrogens is 1. The maximum Gasteiger partial charge on any atom is 0.391 e. The average Bonchev–Trinajstić information content (AvgIpc) is 2.67. The fraction of sp³-hybridized carbons (Fsp3) is 0.429. The second kappa shape index (κ2) is 8.31. The van der Waals surface area contributed by atoms with E-state index in [-0.39, 0.29) is 24.2 Å². The van der Waals surface area contributed by atoms with E-state index in [0.717, 1.165) is 5.56 Å². The fourth-order valence-corrected chi connectivity index (χ4v) is 3.55. The van der Waals surface area contributed by atoms with Gasteiger partial charge >= 0.3 is 6.18 Å². The zero-order valence-corrected chi connectivity index (χ0v) is 15.7. The third-order valence-electron chi connectivity index (χ3n) is 5.33. The number of ketones is 1. The van der Waals surface area contributed by atoms with Crippen LogP contribution in [-0.4, -0.2) is 41.1 Å².